The lowest BCUT2D eigenvalue weighted by Gasteiger charge is -2.33. The fraction of sp³-hybridized carbons (Fsp3) is 0.348. The van der Waals surface area contributed by atoms with Gasteiger partial charge >= 0.3 is 0 Å². The van der Waals surface area contributed by atoms with Crippen molar-refractivity contribution in [2.45, 2.75) is 31.1 Å². The van der Waals surface area contributed by atoms with E-state index in [1.165, 1.54) is 21.5 Å². The van der Waals surface area contributed by atoms with Crippen LogP contribution in [0.5, 0.6) is 0 Å². The molecule has 1 fully saturated rings. The van der Waals surface area contributed by atoms with Crippen LogP contribution in [0.1, 0.15) is 30.2 Å². The van der Waals surface area contributed by atoms with Crippen molar-refractivity contribution in [3.8, 4) is 0 Å². The van der Waals surface area contributed by atoms with Crippen LogP contribution in [0.15, 0.2) is 58.8 Å². The lowest BCUT2D eigenvalue weighted by Crippen LogP contribution is -2.48. The molecule has 1 aliphatic heterocycles. The molecule has 2 heterocycles. The lowest BCUT2D eigenvalue weighted by molar-refractivity contribution is 0.384. The van der Waals surface area contributed by atoms with Gasteiger partial charge in [0.05, 0.1) is 10.6 Å². The molecule has 0 radical (unpaired) electrons. The van der Waals surface area contributed by atoms with E-state index in [1.54, 1.807) is 29.5 Å². The highest BCUT2D eigenvalue weighted by Gasteiger charge is 2.29. The summed E-state index contributed by atoms with van der Waals surface area (Å²) >= 11 is 7.60. The summed E-state index contributed by atoms with van der Waals surface area (Å²) in [5, 5.41) is 3.48. The molecule has 8 heteroatoms. The molecule has 0 saturated carbocycles. The van der Waals surface area contributed by atoms with Crippen LogP contribution in [-0.2, 0) is 22.9 Å². The molecule has 3 aromatic rings. The van der Waals surface area contributed by atoms with Crippen LogP contribution in [0.2, 0.25) is 5.02 Å². The zero-order valence-electron chi connectivity index (χ0n) is 17.5. The second-order valence-electron chi connectivity index (χ2n) is 7.71. The van der Waals surface area contributed by atoms with Crippen LogP contribution in [-0.4, -0.2) is 43.9 Å². The Kier molecular flexibility index (Phi) is 6.96. The van der Waals surface area contributed by atoms with E-state index in [4.69, 9.17) is 16.6 Å². The molecule has 4 rings (SSSR count). The van der Waals surface area contributed by atoms with E-state index in [2.05, 4.69) is 41.5 Å². The molecule has 31 heavy (non-hydrogen) atoms. The predicted molar refractivity (Wildman–Crippen MR) is 128 cm³/mol. The van der Waals surface area contributed by atoms with E-state index in [-0.39, 0.29) is 4.90 Å². The number of nitrogens with zero attached hydrogens (tertiary/aromatic N) is 3. The standard InChI is InChI=1S/C23H26ClN3O2S2/c1-2-4-18-7-9-19(10-8-18)15-21-17-30-23(25-21)26-11-13-27(14-12-26)31(28,29)22-6-3-5-20(24)16-22/h3,5-10,16-17H,2,4,11-15H2,1H3. The molecule has 0 amide bonds. The number of thiazole rings is 1. The first kappa shape index (κ1) is 22.3. The van der Waals surface area contributed by atoms with Gasteiger partial charge in [0.25, 0.3) is 0 Å². The number of sulfonamides is 1. The van der Waals surface area contributed by atoms with Crippen molar-refractivity contribution in [2.75, 3.05) is 31.1 Å². The van der Waals surface area contributed by atoms with Crippen LogP contribution in [0.4, 0.5) is 5.13 Å². The highest BCUT2D eigenvalue weighted by Crippen LogP contribution is 2.26. The second-order valence-corrected chi connectivity index (χ2v) is 10.9. The third-order valence-electron chi connectivity index (χ3n) is 5.43. The van der Waals surface area contributed by atoms with Crippen molar-refractivity contribution >= 4 is 38.1 Å². The van der Waals surface area contributed by atoms with Crippen LogP contribution in [0.25, 0.3) is 0 Å². The summed E-state index contributed by atoms with van der Waals surface area (Å²) < 4.78 is 27.3. The van der Waals surface area contributed by atoms with Crippen LogP contribution in [0, 0.1) is 0 Å². The highest BCUT2D eigenvalue weighted by molar-refractivity contribution is 7.89. The Labute approximate surface area is 193 Å². The fourth-order valence-electron chi connectivity index (χ4n) is 3.74. The van der Waals surface area contributed by atoms with Gasteiger partial charge in [-0.05, 0) is 35.7 Å². The van der Waals surface area contributed by atoms with E-state index in [1.807, 2.05) is 0 Å². The summed E-state index contributed by atoms with van der Waals surface area (Å²) in [6, 6.07) is 15.2. The zero-order chi connectivity index (χ0) is 21.8. The first-order chi connectivity index (χ1) is 15.0. The van der Waals surface area contributed by atoms with Gasteiger partial charge in [0, 0.05) is 43.0 Å². The van der Waals surface area contributed by atoms with Gasteiger partial charge < -0.3 is 4.90 Å². The molecular formula is C23H26ClN3O2S2. The number of hydrogen-bond donors (Lipinski definition) is 0. The van der Waals surface area contributed by atoms with Gasteiger partial charge in [-0.3, -0.25) is 0 Å². The molecule has 2 aromatic carbocycles. The van der Waals surface area contributed by atoms with E-state index in [0.29, 0.717) is 31.2 Å². The molecule has 0 aliphatic carbocycles. The van der Waals surface area contributed by atoms with Crippen LogP contribution < -0.4 is 4.90 Å². The summed E-state index contributed by atoms with van der Waals surface area (Å²) in [4.78, 5) is 7.22. The summed E-state index contributed by atoms with van der Waals surface area (Å²) in [6.07, 6.45) is 3.08. The molecule has 0 unspecified atom stereocenters. The molecule has 0 spiro atoms. The maximum absolute atomic E-state index is 12.9. The zero-order valence-corrected chi connectivity index (χ0v) is 19.9. The van der Waals surface area contributed by atoms with Gasteiger partial charge in [-0.25, -0.2) is 13.4 Å². The van der Waals surface area contributed by atoms with Crippen molar-refractivity contribution in [3.05, 3.63) is 75.8 Å². The molecule has 0 atom stereocenters. The Hall–Kier alpha value is -1.93. The molecular weight excluding hydrogens is 450 g/mol. The molecule has 5 nitrogen and oxygen atoms in total. The number of aromatic nitrogens is 1. The fourth-order valence-corrected chi connectivity index (χ4v) is 6.34. The smallest absolute Gasteiger partial charge is 0.243 e. The second kappa shape index (κ2) is 9.69. The number of anilines is 1. The van der Waals surface area contributed by atoms with Gasteiger partial charge in [-0.1, -0.05) is 55.3 Å². The number of aryl methyl sites for hydroxylation is 1. The van der Waals surface area contributed by atoms with E-state index < -0.39 is 10.0 Å². The monoisotopic (exact) mass is 475 g/mol. The largest absolute Gasteiger partial charge is 0.345 e. The average Bonchev–Trinajstić information content (AvgIpc) is 3.24. The van der Waals surface area contributed by atoms with Crippen molar-refractivity contribution in [1.82, 2.24) is 9.29 Å². The molecule has 1 saturated heterocycles. The summed E-state index contributed by atoms with van der Waals surface area (Å²) in [5.41, 5.74) is 3.68. The SMILES string of the molecule is CCCc1ccc(Cc2csc(N3CCN(S(=O)(=O)c4cccc(Cl)c4)CC3)n2)cc1. The van der Waals surface area contributed by atoms with Gasteiger partial charge in [-0.2, -0.15) is 4.31 Å². The summed E-state index contributed by atoms with van der Waals surface area (Å²) in [6.45, 7) is 4.31. The van der Waals surface area contributed by atoms with Crippen molar-refractivity contribution in [2.24, 2.45) is 0 Å². The van der Waals surface area contributed by atoms with E-state index >= 15 is 0 Å². The van der Waals surface area contributed by atoms with E-state index in [9.17, 15) is 8.42 Å². The highest BCUT2D eigenvalue weighted by atomic mass is 35.5. The maximum Gasteiger partial charge on any atom is 0.243 e. The van der Waals surface area contributed by atoms with Crippen LogP contribution in [0.3, 0.4) is 0 Å². The summed E-state index contributed by atoms with van der Waals surface area (Å²) in [7, 11) is -3.53. The predicted octanol–water partition coefficient (Wildman–Crippen LogP) is 4.85. The lowest BCUT2D eigenvalue weighted by atomic mass is 10.1. The molecule has 1 aromatic heterocycles. The Morgan fingerprint density at radius 1 is 1.03 bits per heavy atom. The maximum atomic E-state index is 12.9. The van der Waals surface area contributed by atoms with Crippen LogP contribution >= 0.6 is 22.9 Å². The summed E-state index contributed by atoms with van der Waals surface area (Å²) in [5.74, 6) is 0. The molecule has 0 N–H and O–H groups in total. The molecule has 0 bridgehead atoms. The first-order valence-electron chi connectivity index (χ1n) is 10.5. The number of halogens is 1. The quantitative estimate of drug-likeness (QED) is 0.490. The third-order valence-corrected chi connectivity index (χ3v) is 8.51. The minimum atomic E-state index is -3.53. The Bertz CT molecular complexity index is 1120. The van der Waals surface area contributed by atoms with E-state index in [0.717, 1.165) is 30.1 Å². The number of hydrogen-bond acceptors (Lipinski definition) is 5. The molecule has 1 aliphatic rings. The number of benzene rings is 2. The average molecular weight is 476 g/mol. The Morgan fingerprint density at radius 3 is 2.42 bits per heavy atom. The number of rotatable bonds is 7. The Balaban J connectivity index is 1.37. The number of piperazine rings is 1. The van der Waals surface area contributed by atoms with Gasteiger partial charge in [-0.15, -0.1) is 11.3 Å². The topological polar surface area (TPSA) is 53.5 Å². The minimum absolute atomic E-state index is 0.245. The third kappa shape index (κ3) is 5.29. The van der Waals surface area contributed by atoms with Gasteiger partial charge in [0.15, 0.2) is 5.13 Å². The first-order valence-corrected chi connectivity index (χ1v) is 13.2. The van der Waals surface area contributed by atoms with Crippen molar-refractivity contribution in [1.29, 1.82) is 0 Å². The van der Waals surface area contributed by atoms with Gasteiger partial charge in [0.2, 0.25) is 10.0 Å². The Morgan fingerprint density at radius 2 is 1.74 bits per heavy atom. The minimum Gasteiger partial charge on any atom is -0.345 e. The van der Waals surface area contributed by atoms with Crippen molar-refractivity contribution < 1.29 is 8.42 Å². The normalized spacial score (nSPS) is 15.4. The van der Waals surface area contributed by atoms with Crippen molar-refractivity contribution in [3.63, 3.8) is 0 Å². The molecule has 164 valence electrons. The van der Waals surface area contributed by atoms with Gasteiger partial charge in [0.1, 0.15) is 0 Å².